The van der Waals surface area contributed by atoms with Gasteiger partial charge >= 0.3 is 0 Å². The second-order valence-corrected chi connectivity index (χ2v) is 5.59. The minimum atomic E-state index is 0. The summed E-state index contributed by atoms with van der Waals surface area (Å²) in [5.41, 5.74) is 5.92. The molecule has 1 fully saturated rings. The van der Waals surface area contributed by atoms with Gasteiger partial charge in [0.05, 0.1) is 4.70 Å². The van der Waals surface area contributed by atoms with Crippen molar-refractivity contribution in [1.82, 2.24) is 4.37 Å². The average molecular weight is 284 g/mol. The molecule has 0 aliphatic heterocycles. The Hall–Kier alpha value is -0.840. The molecule has 2 aromatic rings. The minimum absolute atomic E-state index is 0. The third-order valence-corrected chi connectivity index (χ3v) is 4.32. The van der Waals surface area contributed by atoms with Gasteiger partial charge in [-0.2, -0.15) is 4.37 Å². The van der Waals surface area contributed by atoms with Crippen molar-refractivity contribution in [3.8, 4) is 0 Å². The molecule has 3 N–H and O–H groups in total. The molecule has 3 rings (SSSR count). The Bertz CT molecular complexity index is 506. The fourth-order valence-electron chi connectivity index (χ4n) is 2.45. The first-order valence-electron chi connectivity index (χ1n) is 6.19. The maximum atomic E-state index is 5.92. The van der Waals surface area contributed by atoms with Gasteiger partial charge in [0.25, 0.3) is 0 Å². The second-order valence-electron chi connectivity index (χ2n) is 4.78. The highest BCUT2D eigenvalue weighted by atomic mass is 35.5. The normalized spacial score (nSPS) is 23.6. The van der Waals surface area contributed by atoms with Crippen molar-refractivity contribution >= 4 is 39.8 Å². The van der Waals surface area contributed by atoms with E-state index in [1.807, 2.05) is 0 Å². The number of rotatable bonds is 2. The van der Waals surface area contributed by atoms with Gasteiger partial charge in [0, 0.05) is 17.5 Å². The molecule has 1 aromatic heterocycles. The quantitative estimate of drug-likeness (QED) is 0.888. The van der Waals surface area contributed by atoms with Gasteiger partial charge < -0.3 is 11.1 Å². The zero-order valence-electron chi connectivity index (χ0n) is 10.1. The number of aromatic nitrogens is 1. The lowest BCUT2D eigenvalue weighted by Gasteiger charge is -2.26. The first-order valence-corrected chi connectivity index (χ1v) is 6.97. The van der Waals surface area contributed by atoms with Gasteiger partial charge in [-0.15, -0.1) is 12.4 Å². The van der Waals surface area contributed by atoms with E-state index >= 15 is 0 Å². The molecule has 0 bridgehead atoms. The van der Waals surface area contributed by atoms with Gasteiger partial charge in [0.2, 0.25) is 0 Å². The summed E-state index contributed by atoms with van der Waals surface area (Å²) >= 11 is 1.57. The van der Waals surface area contributed by atoms with E-state index in [0.29, 0.717) is 12.1 Å². The molecule has 0 unspecified atom stereocenters. The summed E-state index contributed by atoms with van der Waals surface area (Å²) in [4.78, 5) is 0. The molecule has 0 spiro atoms. The van der Waals surface area contributed by atoms with E-state index in [2.05, 4.69) is 34.0 Å². The number of halogens is 1. The van der Waals surface area contributed by atoms with Gasteiger partial charge in [-0.1, -0.05) is 12.1 Å². The third-order valence-electron chi connectivity index (χ3n) is 3.49. The van der Waals surface area contributed by atoms with Gasteiger partial charge in [-0.3, -0.25) is 0 Å². The number of nitrogens with one attached hydrogen (secondary N) is 1. The molecule has 18 heavy (non-hydrogen) atoms. The Labute approximate surface area is 117 Å². The van der Waals surface area contributed by atoms with E-state index in [1.165, 1.54) is 10.1 Å². The van der Waals surface area contributed by atoms with Crippen molar-refractivity contribution in [2.45, 2.75) is 37.8 Å². The molecular formula is C13H18ClN3S. The molecule has 3 nitrogen and oxygen atoms in total. The lowest BCUT2D eigenvalue weighted by molar-refractivity contribution is 0.411. The number of hydrogen-bond donors (Lipinski definition) is 2. The van der Waals surface area contributed by atoms with Crippen LogP contribution in [0.15, 0.2) is 24.3 Å². The number of nitrogens with zero attached hydrogens (tertiary/aromatic N) is 1. The van der Waals surface area contributed by atoms with Crippen LogP contribution in [0.4, 0.5) is 5.82 Å². The fourth-order valence-corrected chi connectivity index (χ4v) is 3.19. The van der Waals surface area contributed by atoms with E-state index in [9.17, 15) is 0 Å². The summed E-state index contributed by atoms with van der Waals surface area (Å²) in [5, 5.41) is 4.81. The maximum absolute atomic E-state index is 5.92. The SMILES string of the molecule is Cl.NC1CCC(Nc2nsc3ccccc23)CC1. The summed E-state index contributed by atoms with van der Waals surface area (Å²) < 4.78 is 5.76. The van der Waals surface area contributed by atoms with Crippen LogP contribution in [0.5, 0.6) is 0 Å². The highest BCUT2D eigenvalue weighted by Crippen LogP contribution is 2.29. The van der Waals surface area contributed by atoms with Crippen molar-refractivity contribution in [2.24, 2.45) is 5.73 Å². The van der Waals surface area contributed by atoms with Crippen molar-refractivity contribution < 1.29 is 0 Å². The van der Waals surface area contributed by atoms with Crippen LogP contribution >= 0.6 is 23.9 Å². The summed E-state index contributed by atoms with van der Waals surface area (Å²) in [5.74, 6) is 1.05. The van der Waals surface area contributed by atoms with Crippen LogP contribution in [0.2, 0.25) is 0 Å². The lowest BCUT2D eigenvalue weighted by atomic mass is 9.92. The topological polar surface area (TPSA) is 50.9 Å². The highest BCUT2D eigenvalue weighted by Gasteiger charge is 2.19. The maximum Gasteiger partial charge on any atom is 0.147 e. The van der Waals surface area contributed by atoms with Gasteiger partial charge in [-0.05, 0) is 49.3 Å². The Morgan fingerprint density at radius 1 is 1.17 bits per heavy atom. The number of nitrogens with two attached hydrogens (primary N) is 1. The lowest BCUT2D eigenvalue weighted by Crippen LogP contribution is -2.32. The van der Waals surface area contributed by atoms with Crippen LogP contribution in [0.3, 0.4) is 0 Å². The van der Waals surface area contributed by atoms with Crippen LogP contribution in [0.25, 0.3) is 10.1 Å². The summed E-state index contributed by atoms with van der Waals surface area (Å²) in [7, 11) is 0. The molecule has 0 atom stereocenters. The monoisotopic (exact) mass is 283 g/mol. The predicted octanol–water partition coefficient (Wildman–Crippen LogP) is 3.40. The van der Waals surface area contributed by atoms with Crippen LogP contribution < -0.4 is 11.1 Å². The van der Waals surface area contributed by atoms with Gasteiger partial charge in [0.1, 0.15) is 5.82 Å². The minimum Gasteiger partial charge on any atom is -0.366 e. The summed E-state index contributed by atoms with van der Waals surface area (Å²) in [6.07, 6.45) is 4.57. The van der Waals surface area contributed by atoms with Gasteiger partial charge in [-0.25, -0.2) is 0 Å². The van der Waals surface area contributed by atoms with Crippen LogP contribution in [-0.2, 0) is 0 Å². The smallest absolute Gasteiger partial charge is 0.147 e. The molecule has 0 saturated heterocycles. The zero-order chi connectivity index (χ0) is 11.7. The number of benzene rings is 1. The van der Waals surface area contributed by atoms with Crippen LogP contribution in [0, 0.1) is 0 Å². The molecule has 98 valence electrons. The molecule has 1 aliphatic rings. The molecule has 1 saturated carbocycles. The third kappa shape index (κ3) is 2.76. The molecule has 1 aliphatic carbocycles. The molecule has 5 heteroatoms. The molecule has 1 heterocycles. The Kier molecular flexibility index (Phi) is 4.43. The van der Waals surface area contributed by atoms with E-state index in [0.717, 1.165) is 31.5 Å². The fraction of sp³-hybridized carbons (Fsp3) is 0.462. The van der Waals surface area contributed by atoms with E-state index < -0.39 is 0 Å². The Morgan fingerprint density at radius 2 is 1.89 bits per heavy atom. The average Bonchev–Trinajstić information content (AvgIpc) is 2.76. The Balaban J connectivity index is 0.00000120. The predicted molar refractivity (Wildman–Crippen MR) is 80.7 cm³/mol. The first-order chi connectivity index (χ1) is 8.33. The number of hydrogen-bond acceptors (Lipinski definition) is 4. The van der Waals surface area contributed by atoms with E-state index in [4.69, 9.17) is 5.73 Å². The van der Waals surface area contributed by atoms with E-state index in [-0.39, 0.29) is 12.4 Å². The van der Waals surface area contributed by atoms with Crippen LogP contribution in [-0.4, -0.2) is 16.5 Å². The second kappa shape index (κ2) is 5.87. The number of anilines is 1. The first kappa shape index (κ1) is 13.6. The molecule has 0 radical (unpaired) electrons. The van der Waals surface area contributed by atoms with Crippen molar-refractivity contribution in [3.63, 3.8) is 0 Å². The van der Waals surface area contributed by atoms with Crippen LogP contribution in [0.1, 0.15) is 25.7 Å². The van der Waals surface area contributed by atoms with E-state index in [1.54, 1.807) is 11.5 Å². The summed E-state index contributed by atoms with van der Waals surface area (Å²) in [6, 6.07) is 9.33. The molecular weight excluding hydrogens is 266 g/mol. The molecule has 0 amide bonds. The number of fused-ring (bicyclic) bond motifs is 1. The standard InChI is InChI=1S/C13H17N3S.ClH/c14-9-5-7-10(8-6-9)15-13-11-3-1-2-4-12(11)17-16-13;/h1-4,9-10H,5-8,14H2,(H,15,16);1H. The van der Waals surface area contributed by atoms with Crippen molar-refractivity contribution in [2.75, 3.05) is 5.32 Å². The van der Waals surface area contributed by atoms with Crippen molar-refractivity contribution in [1.29, 1.82) is 0 Å². The molecule has 1 aromatic carbocycles. The highest BCUT2D eigenvalue weighted by molar-refractivity contribution is 7.13. The van der Waals surface area contributed by atoms with Crippen molar-refractivity contribution in [3.05, 3.63) is 24.3 Å². The summed E-state index contributed by atoms with van der Waals surface area (Å²) in [6.45, 7) is 0. The largest absolute Gasteiger partial charge is 0.366 e. The van der Waals surface area contributed by atoms with Gasteiger partial charge in [0.15, 0.2) is 0 Å². The zero-order valence-corrected chi connectivity index (χ0v) is 11.8. The Morgan fingerprint density at radius 3 is 2.67 bits per heavy atom.